The number of hydrogen-bond donors (Lipinski definition) is 4. The average molecular weight is 581 g/mol. The summed E-state index contributed by atoms with van der Waals surface area (Å²) in [5.41, 5.74) is 3.59. The first-order chi connectivity index (χ1) is 19.3. The second-order valence-corrected chi connectivity index (χ2v) is 15.4. The summed E-state index contributed by atoms with van der Waals surface area (Å²) in [7, 11) is -1.73. The third-order valence-electron chi connectivity index (χ3n) is 10.8. The van der Waals surface area contributed by atoms with Crippen molar-refractivity contribution in [1.82, 2.24) is 30.7 Å². The fraction of sp³-hybridized carbons (Fsp3) is 0.931. The molecule has 5 rings (SSSR count). The molecule has 3 amide bonds. The lowest BCUT2D eigenvalue weighted by Gasteiger charge is -2.42. The van der Waals surface area contributed by atoms with Crippen LogP contribution in [0.15, 0.2) is 0 Å². The molecular formula is C29H52N6O4S. The van der Waals surface area contributed by atoms with E-state index in [2.05, 4.69) is 33.3 Å². The van der Waals surface area contributed by atoms with E-state index >= 15 is 0 Å². The third kappa shape index (κ3) is 6.79. The van der Waals surface area contributed by atoms with Gasteiger partial charge >= 0.3 is 6.03 Å². The summed E-state index contributed by atoms with van der Waals surface area (Å²) in [6.07, 6.45) is 12.9. The van der Waals surface area contributed by atoms with Gasteiger partial charge in [-0.2, -0.15) is 0 Å². The van der Waals surface area contributed by atoms with Crippen LogP contribution in [0.4, 0.5) is 4.79 Å². The molecule has 40 heavy (non-hydrogen) atoms. The molecule has 228 valence electrons. The summed E-state index contributed by atoms with van der Waals surface area (Å²) in [6, 6.07) is 0.214. The van der Waals surface area contributed by atoms with E-state index in [4.69, 9.17) is 0 Å². The van der Waals surface area contributed by atoms with Crippen LogP contribution in [-0.4, -0.2) is 86.3 Å². The predicted octanol–water partition coefficient (Wildman–Crippen LogP) is 2.57. The molecule has 4 N–H and O–H groups in total. The van der Waals surface area contributed by atoms with Crippen LogP contribution in [0.2, 0.25) is 0 Å². The van der Waals surface area contributed by atoms with Crippen molar-refractivity contribution in [2.45, 2.75) is 114 Å². The van der Waals surface area contributed by atoms with Crippen LogP contribution in [0.25, 0.3) is 0 Å². The van der Waals surface area contributed by atoms with Gasteiger partial charge in [-0.3, -0.25) is 10.2 Å². The zero-order valence-electron chi connectivity index (χ0n) is 24.6. The van der Waals surface area contributed by atoms with Gasteiger partial charge in [0.05, 0.1) is 11.2 Å². The standard InChI is InChI=1S/C29H52N6O4S/c1-20-27(28(36)31-19-21-6-4-3-5-7-21)26-18-23(14-17-35(26)33-20)22-12-15-34(16-13-22)40(38,39)25-10-8-24(9-11-25)32-29(37)30-2/h20-27,33H,3-19H2,1-2H3,(H,31,36)(H2,30,32,37). The molecule has 3 aliphatic heterocycles. The van der Waals surface area contributed by atoms with Crippen molar-refractivity contribution in [2.75, 3.05) is 33.2 Å². The normalized spacial score (nSPS) is 35.1. The van der Waals surface area contributed by atoms with Crippen molar-refractivity contribution in [3.05, 3.63) is 0 Å². The largest absolute Gasteiger partial charge is 0.355 e. The van der Waals surface area contributed by atoms with Gasteiger partial charge in [0.25, 0.3) is 0 Å². The maximum atomic E-state index is 13.5. The van der Waals surface area contributed by atoms with Gasteiger partial charge in [-0.05, 0) is 88.9 Å². The first-order valence-corrected chi connectivity index (χ1v) is 17.5. The lowest BCUT2D eigenvalue weighted by molar-refractivity contribution is -0.126. The van der Waals surface area contributed by atoms with Gasteiger partial charge in [-0.25, -0.2) is 22.5 Å². The number of fused-ring (bicyclic) bond motifs is 1. The Morgan fingerprint density at radius 1 is 0.875 bits per heavy atom. The average Bonchev–Trinajstić information content (AvgIpc) is 3.31. The highest BCUT2D eigenvalue weighted by molar-refractivity contribution is 7.89. The smallest absolute Gasteiger partial charge is 0.314 e. The number of hydrogen-bond acceptors (Lipinski definition) is 6. The maximum absolute atomic E-state index is 13.5. The first kappa shape index (κ1) is 30.0. The van der Waals surface area contributed by atoms with Gasteiger partial charge in [0.1, 0.15) is 0 Å². The van der Waals surface area contributed by atoms with Crippen molar-refractivity contribution < 1.29 is 18.0 Å². The zero-order valence-corrected chi connectivity index (χ0v) is 25.4. The first-order valence-electron chi connectivity index (χ1n) is 16.0. The summed E-state index contributed by atoms with van der Waals surface area (Å²) in [5, 5.41) is 10.8. The minimum Gasteiger partial charge on any atom is -0.355 e. The van der Waals surface area contributed by atoms with E-state index < -0.39 is 10.0 Å². The van der Waals surface area contributed by atoms with Gasteiger partial charge < -0.3 is 16.0 Å². The molecule has 0 aromatic carbocycles. The lowest BCUT2D eigenvalue weighted by atomic mass is 9.74. The van der Waals surface area contributed by atoms with Crippen LogP contribution >= 0.6 is 0 Å². The second-order valence-electron chi connectivity index (χ2n) is 13.2. The van der Waals surface area contributed by atoms with Crippen LogP contribution in [0.1, 0.15) is 90.4 Å². The van der Waals surface area contributed by atoms with Gasteiger partial charge in [-0.1, -0.05) is 19.3 Å². The number of carbonyl (C=O) groups excluding carboxylic acids is 2. The molecule has 3 heterocycles. The number of nitrogens with one attached hydrogen (secondary N) is 4. The van der Waals surface area contributed by atoms with Crippen molar-refractivity contribution in [3.63, 3.8) is 0 Å². The van der Waals surface area contributed by atoms with Crippen molar-refractivity contribution >= 4 is 22.0 Å². The van der Waals surface area contributed by atoms with Gasteiger partial charge in [0.15, 0.2) is 0 Å². The molecule has 5 fully saturated rings. The Kier molecular flexibility index (Phi) is 9.95. The fourth-order valence-electron chi connectivity index (χ4n) is 8.36. The number of rotatable bonds is 7. The van der Waals surface area contributed by atoms with Crippen LogP contribution < -0.4 is 21.4 Å². The Balaban J connectivity index is 1.10. The summed E-state index contributed by atoms with van der Waals surface area (Å²) in [4.78, 5) is 25.0. The number of piperidine rings is 2. The molecule has 2 aliphatic carbocycles. The number of nitrogens with zero attached hydrogens (tertiary/aromatic N) is 2. The Morgan fingerprint density at radius 2 is 1.55 bits per heavy atom. The molecule has 4 unspecified atom stereocenters. The summed E-state index contributed by atoms with van der Waals surface area (Å²) < 4.78 is 28.7. The minimum absolute atomic E-state index is 0.0279. The van der Waals surface area contributed by atoms with E-state index in [1.54, 1.807) is 11.4 Å². The number of carbonyl (C=O) groups is 2. The van der Waals surface area contributed by atoms with E-state index in [0.717, 1.165) is 38.8 Å². The Hall–Kier alpha value is -1.43. The summed E-state index contributed by atoms with van der Waals surface area (Å²) in [6.45, 7) is 5.13. The summed E-state index contributed by atoms with van der Waals surface area (Å²) in [5.74, 6) is 1.87. The fourth-order valence-corrected chi connectivity index (χ4v) is 10.4. The van der Waals surface area contributed by atoms with Crippen LogP contribution in [0.3, 0.4) is 0 Å². The quantitative estimate of drug-likeness (QED) is 0.367. The predicted molar refractivity (Wildman–Crippen MR) is 156 cm³/mol. The maximum Gasteiger partial charge on any atom is 0.314 e. The highest BCUT2D eigenvalue weighted by atomic mass is 32.2. The molecule has 0 spiro atoms. The third-order valence-corrected chi connectivity index (χ3v) is 13.2. The molecule has 5 aliphatic rings. The highest BCUT2D eigenvalue weighted by Gasteiger charge is 2.48. The van der Waals surface area contributed by atoms with Crippen LogP contribution in [-0.2, 0) is 14.8 Å². The van der Waals surface area contributed by atoms with Gasteiger partial charge in [0, 0.05) is 51.4 Å². The van der Waals surface area contributed by atoms with Crippen LogP contribution in [0.5, 0.6) is 0 Å². The topological polar surface area (TPSA) is 123 Å². The minimum atomic E-state index is -3.32. The molecule has 0 aromatic rings. The monoisotopic (exact) mass is 580 g/mol. The van der Waals surface area contributed by atoms with Crippen molar-refractivity contribution in [3.8, 4) is 0 Å². The molecular weight excluding hydrogens is 528 g/mol. The highest BCUT2D eigenvalue weighted by Crippen LogP contribution is 2.40. The molecule has 4 atom stereocenters. The van der Waals surface area contributed by atoms with Gasteiger partial charge in [0.2, 0.25) is 15.9 Å². The van der Waals surface area contributed by atoms with E-state index in [0.29, 0.717) is 56.5 Å². The Labute approximate surface area is 241 Å². The zero-order chi connectivity index (χ0) is 28.3. The van der Waals surface area contributed by atoms with E-state index in [-0.39, 0.29) is 41.2 Å². The second kappa shape index (κ2) is 13.3. The molecule has 2 saturated carbocycles. The molecule has 0 bridgehead atoms. The molecule has 11 heteroatoms. The summed E-state index contributed by atoms with van der Waals surface area (Å²) >= 11 is 0. The number of hydrazine groups is 1. The van der Waals surface area contributed by atoms with E-state index in [9.17, 15) is 18.0 Å². The van der Waals surface area contributed by atoms with E-state index in [1.165, 1.54) is 32.1 Å². The SMILES string of the molecule is CNC(=O)NC1CCC(S(=O)(=O)N2CCC(C3CCN4NC(C)C(C(=O)NCC5CCCCC5)C4C3)CC2)CC1. The molecule has 10 nitrogen and oxygen atoms in total. The van der Waals surface area contributed by atoms with Crippen molar-refractivity contribution in [2.24, 2.45) is 23.7 Å². The van der Waals surface area contributed by atoms with Crippen molar-refractivity contribution in [1.29, 1.82) is 0 Å². The van der Waals surface area contributed by atoms with Gasteiger partial charge in [-0.15, -0.1) is 0 Å². The number of amides is 3. The molecule has 0 radical (unpaired) electrons. The number of sulfonamides is 1. The van der Waals surface area contributed by atoms with Crippen LogP contribution in [0, 0.1) is 23.7 Å². The lowest BCUT2D eigenvalue weighted by Crippen LogP contribution is -2.50. The Bertz CT molecular complexity index is 973. The molecule has 3 saturated heterocycles. The molecule has 0 aromatic heterocycles. The number of urea groups is 1. The van der Waals surface area contributed by atoms with E-state index in [1.807, 2.05) is 0 Å². The Morgan fingerprint density at radius 3 is 2.23 bits per heavy atom.